The van der Waals surface area contributed by atoms with Crippen molar-refractivity contribution in [3.05, 3.63) is 18.0 Å². The third-order valence-corrected chi connectivity index (χ3v) is 1.95. The van der Waals surface area contributed by atoms with Gasteiger partial charge in [-0.3, -0.25) is 4.68 Å². The lowest BCUT2D eigenvalue weighted by Crippen LogP contribution is -2.35. The van der Waals surface area contributed by atoms with Gasteiger partial charge in [-0.15, -0.1) is 0 Å². The molecule has 0 aliphatic rings. The van der Waals surface area contributed by atoms with Crippen molar-refractivity contribution in [3.63, 3.8) is 0 Å². The zero-order chi connectivity index (χ0) is 9.68. The van der Waals surface area contributed by atoms with Crippen molar-refractivity contribution < 1.29 is 0 Å². The van der Waals surface area contributed by atoms with E-state index in [-0.39, 0.29) is 0 Å². The van der Waals surface area contributed by atoms with Crippen molar-refractivity contribution in [1.29, 1.82) is 0 Å². The second-order valence-corrected chi connectivity index (χ2v) is 3.37. The Hall–Kier alpha value is -0.870. The van der Waals surface area contributed by atoms with Gasteiger partial charge in [-0.1, -0.05) is 0 Å². The molecule has 0 amide bonds. The first-order valence-electron chi connectivity index (χ1n) is 4.65. The van der Waals surface area contributed by atoms with Crippen molar-refractivity contribution in [2.45, 2.75) is 26.4 Å². The lowest BCUT2D eigenvalue weighted by atomic mass is 10.3. The molecule has 0 saturated heterocycles. The van der Waals surface area contributed by atoms with E-state index >= 15 is 0 Å². The van der Waals surface area contributed by atoms with Gasteiger partial charge < -0.3 is 11.1 Å². The number of rotatable bonds is 5. The molecule has 0 fully saturated rings. The highest BCUT2D eigenvalue weighted by atomic mass is 15.3. The van der Waals surface area contributed by atoms with Crippen LogP contribution in [0.2, 0.25) is 0 Å². The maximum Gasteiger partial charge on any atom is 0.0534 e. The van der Waals surface area contributed by atoms with E-state index < -0.39 is 0 Å². The fraction of sp³-hybridized carbons (Fsp3) is 0.667. The second-order valence-electron chi connectivity index (χ2n) is 3.37. The van der Waals surface area contributed by atoms with Gasteiger partial charge in [-0.25, -0.2) is 0 Å². The van der Waals surface area contributed by atoms with E-state index in [0.717, 1.165) is 13.1 Å². The molecule has 0 saturated carbocycles. The van der Waals surface area contributed by atoms with Crippen LogP contribution >= 0.6 is 0 Å². The predicted octanol–water partition coefficient (Wildman–Crippen LogP) is 0.128. The van der Waals surface area contributed by atoms with E-state index in [4.69, 9.17) is 5.73 Å². The summed E-state index contributed by atoms with van der Waals surface area (Å²) in [5.41, 5.74) is 6.67. The molecule has 0 bridgehead atoms. The quantitative estimate of drug-likeness (QED) is 0.680. The monoisotopic (exact) mass is 182 g/mol. The lowest BCUT2D eigenvalue weighted by molar-refractivity contribution is 0.500. The van der Waals surface area contributed by atoms with Crippen LogP contribution in [0.3, 0.4) is 0 Å². The minimum absolute atomic E-state index is 0.386. The molecule has 1 rings (SSSR count). The summed E-state index contributed by atoms with van der Waals surface area (Å²) in [4.78, 5) is 0. The highest BCUT2D eigenvalue weighted by Crippen LogP contribution is 1.92. The van der Waals surface area contributed by atoms with Gasteiger partial charge in [0.25, 0.3) is 0 Å². The Morgan fingerprint density at radius 1 is 1.69 bits per heavy atom. The van der Waals surface area contributed by atoms with E-state index in [0.29, 0.717) is 12.6 Å². The molecule has 0 radical (unpaired) electrons. The molecule has 74 valence electrons. The maximum absolute atomic E-state index is 5.47. The van der Waals surface area contributed by atoms with Gasteiger partial charge in [0.1, 0.15) is 0 Å². The van der Waals surface area contributed by atoms with Gasteiger partial charge in [-0.05, 0) is 19.4 Å². The molecular formula is C9H18N4. The van der Waals surface area contributed by atoms with Crippen molar-refractivity contribution in [2.24, 2.45) is 5.73 Å². The van der Waals surface area contributed by atoms with E-state index in [1.165, 1.54) is 5.56 Å². The summed E-state index contributed by atoms with van der Waals surface area (Å²) in [6.07, 6.45) is 3.90. The summed E-state index contributed by atoms with van der Waals surface area (Å²) >= 11 is 0. The smallest absolute Gasteiger partial charge is 0.0534 e. The Bertz CT molecular complexity index is 244. The second kappa shape index (κ2) is 4.99. The van der Waals surface area contributed by atoms with Crippen LogP contribution in [0, 0.1) is 6.92 Å². The summed E-state index contributed by atoms with van der Waals surface area (Å²) < 4.78 is 1.94. The Morgan fingerprint density at radius 2 is 2.46 bits per heavy atom. The molecule has 4 nitrogen and oxygen atoms in total. The molecule has 13 heavy (non-hydrogen) atoms. The first-order chi connectivity index (χ1) is 6.22. The standard InChI is InChI=1S/C9H18N4/c1-8-6-12-13(7-8)4-3-11-9(2)5-10/h6-7,9,11H,3-5,10H2,1-2H3. The first-order valence-corrected chi connectivity index (χ1v) is 4.65. The number of aromatic nitrogens is 2. The normalized spacial score (nSPS) is 13.2. The fourth-order valence-electron chi connectivity index (χ4n) is 1.10. The average Bonchev–Trinajstić information content (AvgIpc) is 2.51. The van der Waals surface area contributed by atoms with E-state index in [2.05, 4.69) is 17.3 Å². The highest BCUT2D eigenvalue weighted by Gasteiger charge is 1.97. The molecule has 0 spiro atoms. The first kappa shape index (κ1) is 10.2. The van der Waals surface area contributed by atoms with E-state index in [1.807, 2.05) is 24.0 Å². The molecule has 1 aromatic rings. The number of hydrogen-bond acceptors (Lipinski definition) is 3. The largest absolute Gasteiger partial charge is 0.329 e. The number of nitrogens with one attached hydrogen (secondary N) is 1. The third-order valence-electron chi connectivity index (χ3n) is 1.95. The minimum atomic E-state index is 0.386. The summed E-state index contributed by atoms with van der Waals surface area (Å²) in [7, 11) is 0. The van der Waals surface area contributed by atoms with Gasteiger partial charge in [-0.2, -0.15) is 5.10 Å². The average molecular weight is 182 g/mol. The van der Waals surface area contributed by atoms with Crippen LogP contribution in [-0.4, -0.2) is 28.9 Å². The summed E-state index contributed by atoms with van der Waals surface area (Å²) in [5, 5.41) is 7.49. The van der Waals surface area contributed by atoms with E-state index in [1.54, 1.807) is 0 Å². The highest BCUT2D eigenvalue weighted by molar-refractivity contribution is 4.99. The molecule has 0 aliphatic heterocycles. The van der Waals surface area contributed by atoms with Crippen molar-refractivity contribution >= 4 is 0 Å². The van der Waals surface area contributed by atoms with Crippen molar-refractivity contribution in [1.82, 2.24) is 15.1 Å². The molecule has 1 heterocycles. The van der Waals surface area contributed by atoms with Crippen LogP contribution in [0.15, 0.2) is 12.4 Å². The van der Waals surface area contributed by atoms with Gasteiger partial charge >= 0.3 is 0 Å². The number of hydrogen-bond donors (Lipinski definition) is 2. The zero-order valence-electron chi connectivity index (χ0n) is 8.33. The Balaban J connectivity index is 2.20. The lowest BCUT2D eigenvalue weighted by Gasteiger charge is -2.10. The number of aryl methyl sites for hydroxylation is 1. The summed E-state index contributed by atoms with van der Waals surface area (Å²) in [6.45, 7) is 6.61. The molecular weight excluding hydrogens is 164 g/mol. The number of nitrogens with zero attached hydrogens (tertiary/aromatic N) is 2. The zero-order valence-corrected chi connectivity index (χ0v) is 8.33. The van der Waals surface area contributed by atoms with Crippen molar-refractivity contribution in [2.75, 3.05) is 13.1 Å². The topological polar surface area (TPSA) is 55.9 Å². The predicted molar refractivity (Wildman–Crippen MR) is 53.5 cm³/mol. The Labute approximate surface area is 79.1 Å². The Morgan fingerprint density at radius 3 is 3.00 bits per heavy atom. The van der Waals surface area contributed by atoms with Gasteiger partial charge in [0, 0.05) is 25.3 Å². The Kier molecular flexibility index (Phi) is 3.92. The molecule has 4 heteroatoms. The molecule has 3 N–H and O–H groups in total. The fourth-order valence-corrected chi connectivity index (χ4v) is 1.10. The van der Waals surface area contributed by atoms with Crippen LogP contribution in [0.25, 0.3) is 0 Å². The van der Waals surface area contributed by atoms with Crippen molar-refractivity contribution in [3.8, 4) is 0 Å². The van der Waals surface area contributed by atoms with Gasteiger partial charge in [0.05, 0.1) is 12.7 Å². The summed E-state index contributed by atoms with van der Waals surface area (Å²) in [5.74, 6) is 0. The number of nitrogens with two attached hydrogens (primary N) is 1. The molecule has 1 aromatic heterocycles. The van der Waals surface area contributed by atoms with Gasteiger partial charge in [0.15, 0.2) is 0 Å². The SMILES string of the molecule is Cc1cnn(CCNC(C)CN)c1. The van der Waals surface area contributed by atoms with Gasteiger partial charge in [0.2, 0.25) is 0 Å². The molecule has 0 aliphatic carbocycles. The van der Waals surface area contributed by atoms with Crippen LogP contribution < -0.4 is 11.1 Å². The molecule has 0 aromatic carbocycles. The van der Waals surface area contributed by atoms with Crippen LogP contribution in [0.4, 0.5) is 0 Å². The van der Waals surface area contributed by atoms with Crippen LogP contribution in [0.5, 0.6) is 0 Å². The van der Waals surface area contributed by atoms with Crippen LogP contribution in [0.1, 0.15) is 12.5 Å². The van der Waals surface area contributed by atoms with E-state index in [9.17, 15) is 0 Å². The van der Waals surface area contributed by atoms with Crippen LogP contribution in [-0.2, 0) is 6.54 Å². The molecule has 1 atom stereocenters. The molecule has 1 unspecified atom stereocenters. The maximum atomic E-state index is 5.47. The minimum Gasteiger partial charge on any atom is -0.329 e. The third kappa shape index (κ3) is 3.57. The summed E-state index contributed by atoms with van der Waals surface area (Å²) in [6, 6.07) is 0.386.